The highest BCUT2D eigenvalue weighted by molar-refractivity contribution is 5.94. The smallest absolute Gasteiger partial charge is 0.264 e. The van der Waals surface area contributed by atoms with Crippen molar-refractivity contribution >= 4 is 22.6 Å². The lowest BCUT2D eigenvalue weighted by atomic mass is 10.1. The van der Waals surface area contributed by atoms with Gasteiger partial charge in [-0.15, -0.1) is 0 Å². The Labute approximate surface area is 186 Å². The number of aryl methyl sites for hydroxylation is 1. The summed E-state index contributed by atoms with van der Waals surface area (Å²) in [6.45, 7) is 3.27. The average Bonchev–Trinajstić information content (AvgIpc) is 3.19. The lowest BCUT2D eigenvalue weighted by Gasteiger charge is -2.12. The molecule has 8 nitrogen and oxygen atoms in total. The van der Waals surface area contributed by atoms with Gasteiger partial charge in [0, 0.05) is 31.9 Å². The van der Waals surface area contributed by atoms with Gasteiger partial charge in [-0.25, -0.2) is 9.67 Å². The van der Waals surface area contributed by atoms with Crippen LogP contribution in [-0.4, -0.2) is 45.9 Å². The first kappa shape index (κ1) is 21.3. The molecular weight excluding hydrogens is 404 g/mol. The maximum atomic E-state index is 12.9. The molecule has 0 spiro atoms. The summed E-state index contributed by atoms with van der Waals surface area (Å²) < 4.78 is 3.23. The lowest BCUT2D eigenvalue weighted by molar-refractivity contribution is 0.0952. The van der Waals surface area contributed by atoms with Crippen LogP contribution in [0.4, 0.5) is 5.69 Å². The number of anilines is 1. The topological polar surface area (TPSA) is 85.1 Å². The van der Waals surface area contributed by atoms with Gasteiger partial charge in [0.2, 0.25) is 0 Å². The molecule has 4 rings (SSSR count). The number of carbonyl (C=O) groups is 1. The van der Waals surface area contributed by atoms with Crippen molar-refractivity contribution in [3.8, 4) is 0 Å². The number of benzene rings is 2. The van der Waals surface area contributed by atoms with Crippen LogP contribution in [0.15, 0.2) is 65.8 Å². The molecule has 0 saturated carbocycles. The fraction of sp³-hybridized carbons (Fsp3) is 0.250. The number of carbonyl (C=O) groups excluding carboxylic acids is 1. The van der Waals surface area contributed by atoms with E-state index in [2.05, 4.69) is 21.5 Å². The maximum Gasteiger partial charge on any atom is 0.264 e. The van der Waals surface area contributed by atoms with Crippen LogP contribution in [0.2, 0.25) is 0 Å². The average molecular weight is 431 g/mol. The number of nitrogens with one attached hydrogen (secondary N) is 1. The van der Waals surface area contributed by atoms with E-state index in [9.17, 15) is 9.59 Å². The Balaban J connectivity index is 1.42. The minimum absolute atomic E-state index is 0.132. The number of hydrogen-bond acceptors (Lipinski definition) is 5. The van der Waals surface area contributed by atoms with E-state index in [1.165, 1.54) is 0 Å². The molecule has 0 bridgehead atoms. The predicted molar refractivity (Wildman–Crippen MR) is 125 cm³/mol. The van der Waals surface area contributed by atoms with Crippen molar-refractivity contribution in [3.63, 3.8) is 0 Å². The van der Waals surface area contributed by atoms with Crippen LogP contribution in [0, 0.1) is 6.92 Å². The number of nitrogens with zero attached hydrogens (tertiary/aromatic N) is 5. The standard InChI is InChI=1S/C24H26N6O2/c1-17-5-4-6-18(13-17)15-29-16-26-22-21(24(29)32)14-27-30(22)12-11-25-23(31)19-7-9-20(10-8-19)28(2)3/h4-10,13-14,16H,11-12,15H2,1-3H3,(H,25,31). The first-order valence-corrected chi connectivity index (χ1v) is 10.4. The van der Waals surface area contributed by atoms with E-state index in [0.717, 1.165) is 16.8 Å². The van der Waals surface area contributed by atoms with Gasteiger partial charge >= 0.3 is 0 Å². The second kappa shape index (κ2) is 9.05. The molecule has 0 aliphatic heterocycles. The molecule has 2 aromatic heterocycles. The van der Waals surface area contributed by atoms with Gasteiger partial charge in [-0.2, -0.15) is 5.10 Å². The van der Waals surface area contributed by atoms with Gasteiger partial charge in [0.15, 0.2) is 5.65 Å². The van der Waals surface area contributed by atoms with E-state index < -0.39 is 0 Å². The molecule has 0 aliphatic rings. The normalized spacial score (nSPS) is 11.0. The minimum atomic E-state index is -0.153. The van der Waals surface area contributed by atoms with E-state index in [0.29, 0.717) is 36.2 Å². The quantitative estimate of drug-likeness (QED) is 0.487. The van der Waals surface area contributed by atoms with Crippen LogP contribution in [0.3, 0.4) is 0 Å². The summed E-state index contributed by atoms with van der Waals surface area (Å²) >= 11 is 0. The molecule has 0 atom stereocenters. The largest absolute Gasteiger partial charge is 0.378 e. The predicted octanol–water partition coefficient (Wildman–Crippen LogP) is 2.45. The van der Waals surface area contributed by atoms with Gasteiger partial charge in [-0.1, -0.05) is 29.8 Å². The Morgan fingerprint density at radius 1 is 1.12 bits per heavy atom. The van der Waals surface area contributed by atoms with E-state index in [1.54, 1.807) is 33.9 Å². The van der Waals surface area contributed by atoms with Crippen LogP contribution in [0.25, 0.3) is 11.0 Å². The van der Waals surface area contributed by atoms with Crippen LogP contribution >= 0.6 is 0 Å². The molecule has 4 aromatic rings. The summed E-state index contributed by atoms with van der Waals surface area (Å²) in [4.78, 5) is 31.7. The molecule has 0 unspecified atom stereocenters. The van der Waals surface area contributed by atoms with Gasteiger partial charge < -0.3 is 10.2 Å². The third-order valence-corrected chi connectivity index (χ3v) is 5.31. The van der Waals surface area contributed by atoms with E-state index in [1.807, 2.05) is 56.3 Å². The second-order valence-electron chi connectivity index (χ2n) is 7.97. The monoisotopic (exact) mass is 430 g/mol. The van der Waals surface area contributed by atoms with Crippen molar-refractivity contribution in [2.45, 2.75) is 20.0 Å². The zero-order chi connectivity index (χ0) is 22.7. The fourth-order valence-electron chi connectivity index (χ4n) is 3.57. The Hall–Kier alpha value is -3.94. The summed E-state index contributed by atoms with van der Waals surface area (Å²) in [5.41, 5.74) is 4.20. The highest BCUT2D eigenvalue weighted by Crippen LogP contribution is 2.12. The minimum Gasteiger partial charge on any atom is -0.378 e. The highest BCUT2D eigenvalue weighted by Gasteiger charge is 2.11. The highest BCUT2D eigenvalue weighted by atomic mass is 16.1. The van der Waals surface area contributed by atoms with Crippen molar-refractivity contribution in [1.29, 1.82) is 0 Å². The van der Waals surface area contributed by atoms with Crippen LogP contribution in [0.5, 0.6) is 0 Å². The molecule has 1 N–H and O–H groups in total. The Morgan fingerprint density at radius 3 is 2.62 bits per heavy atom. The van der Waals surface area contributed by atoms with E-state index >= 15 is 0 Å². The third-order valence-electron chi connectivity index (χ3n) is 5.31. The third kappa shape index (κ3) is 4.54. The molecule has 1 amide bonds. The van der Waals surface area contributed by atoms with Gasteiger partial charge in [0.05, 0.1) is 19.3 Å². The number of rotatable bonds is 7. The van der Waals surface area contributed by atoms with Gasteiger partial charge in [0.1, 0.15) is 11.7 Å². The molecule has 0 radical (unpaired) electrons. The van der Waals surface area contributed by atoms with E-state index in [-0.39, 0.29) is 11.5 Å². The van der Waals surface area contributed by atoms with Crippen molar-refractivity contribution in [3.05, 3.63) is 88.1 Å². The van der Waals surface area contributed by atoms with Crippen molar-refractivity contribution in [2.24, 2.45) is 0 Å². The summed E-state index contributed by atoms with van der Waals surface area (Å²) in [7, 11) is 3.91. The van der Waals surface area contributed by atoms with Crippen molar-refractivity contribution in [1.82, 2.24) is 24.6 Å². The molecule has 0 saturated heterocycles. The Bertz CT molecular complexity index is 1300. The van der Waals surface area contributed by atoms with Crippen molar-refractivity contribution < 1.29 is 4.79 Å². The van der Waals surface area contributed by atoms with Crippen molar-refractivity contribution in [2.75, 3.05) is 25.5 Å². The Morgan fingerprint density at radius 2 is 1.91 bits per heavy atom. The number of amides is 1. The van der Waals surface area contributed by atoms with Crippen LogP contribution < -0.4 is 15.8 Å². The summed E-state index contributed by atoms with van der Waals surface area (Å²) in [5.74, 6) is -0.153. The molecular formula is C24H26N6O2. The number of hydrogen-bond donors (Lipinski definition) is 1. The molecule has 0 fully saturated rings. The molecule has 164 valence electrons. The SMILES string of the molecule is Cc1cccc(Cn2cnc3c(cnn3CCNC(=O)c3ccc(N(C)C)cc3)c2=O)c1. The maximum absolute atomic E-state index is 12.9. The molecule has 32 heavy (non-hydrogen) atoms. The molecule has 2 aromatic carbocycles. The van der Waals surface area contributed by atoms with Gasteiger partial charge in [-0.05, 0) is 36.8 Å². The van der Waals surface area contributed by atoms with Crippen LogP contribution in [0.1, 0.15) is 21.5 Å². The first-order chi connectivity index (χ1) is 15.4. The van der Waals surface area contributed by atoms with Gasteiger partial charge in [-0.3, -0.25) is 14.2 Å². The zero-order valence-electron chi connectivity index (χ0n) is 18.4. The summed E-state index contributed by atoms with van der Waals surface area (Å²) in [5, 5.41) is 7.66. The lowest BCUT2D eigenvalue weighted by Crippen LogP contribution is -2.28. The van der Waals surface area contributed by atoms with Crippen LogP contribution in [-0.2, 0) is 13.1 Å². The fourth-order valence-corrected chi connectivity index (χ4v) is 3.57. The molecule has 0 aliphatic carbocycles. The zero-order valence-corrected chi connectivity index (χ0v) is 18.4. The first-order valence-electron chi connectivity index (χ1n) is 10.4. The molecule has 8 heteroatoms. The molecule has 2 heterocycles. The number of aromatic nitrogens is 4. The summed E-state index contributed by atoms with van der Waals surface area (Å²) in [6, 6.07) is 15.4. The number of fused-ring (bicyclic) bond motifs is 1. The second-order valence-corrected chi connectivity index (χ2v) is 7.97. The Kier molecular flexibility index (Phi) is 6.02. The van der Waals surface area contributed by atoms with Gasteiger partial charge in [0.25, 0.3) is 11.5 Å². The van der Waals surface area contributed by atoms with E-state index in [4.69, 9.17) is 0 Å². The summed E-state index contributed by atoms with van der Waals surface area (Å²) in [6.07, 6.45) is 3.09.